The molecule has 3 aromatic rings. The Hall–Kier alpha value is -4.01. The predicted octanol–water partition coefficient (Wildman–Crippen LogP) is 1.18. The van der Waals surface area contributed by atoms with Crippen LogP contribution in [0.3, 0.4) is 0 Å². The number of esters is 2. The fourth-order valence-corrected chi connectivity index (χ4v) is 2.60. The van der Waals surface area contributed by atoms with Gasteiger partial charge >= 0.3 is 11.9 Å². The summed E-state index contributed by atoms with van der Waals surface area (Å²) in [5, 5.41) is 9.21. The van der Waals surface area contributed by atoms with Crippen LogP contribution in [0, 0.1) is 0 Å². The van der Waals surface area contributed by atoms with Crippen molar-refractivity contribution in [1.29, 1.82) is 0 Å². The lowest BCUT2D eigenvalue weighted by Gasteiger charge is -2.08. The summed E-state index contributed by atoms with van der Waals surface area (Å²) in [4.78, 5) is 47.3. The van der Waals surface area contributed by atoms with Gasteiger partial charge in [0.1, 0.15) is 0 Å². The van der Waals surface area contributed by atoms with E-state index in [9.17, 15) is 19.2 Å². The van der Waals surface area contributed by atoms with Crippen LogP contribution < -0.4 is 10.9 Å². The maximum Gasteiger partial charge on any atom is 0.359 e. The molecule has 2 N–H and O–H groups in total. The number of carbonyl (C=O) groups is 3. The molecule has 0 saturated heterocycles. The molecular weight excluding hydrogens is 378 g/mol. The average molecular weight is 395 g/mol. The predicted molar refractivity (Wildman–Crippen MR) is 102 cm³/mol. The van der Waals surface area contributed by atoms with Gasteiger partial charge in [-0.3, -0.25) is 9.59 Å². The number of nitrogens with one attached hydrogen (secondary N) is 2. The fourth-order valence-electron chi connectivity index (χ4n) is 2.60. The van der Waals surface area contributed by atoms with Gasteiger partial charge in [-0.15, -0.1) is 0 Å². The summed E-state index contributed by atoms with van der Waals surface area (Å²) in [5.41, 5.74) is 0.655. The quantitative estimate of drug-likeness (QED) is 0.600. The van der Waals surface area contributed by atoms with Gasteiger partial charge < -0.3 is 14.8 Å². The van der Waals surface area contributed by atoms with Gasteiger partial charge in [0.2, 0.25) is 0 Å². The minimum absolute atomic E-state index is 0.0774. The van der Waals surface area contributed by atoms with Crippen LogP contribution in [0.5, 0.6) is 0 Å². The Kier molecular flexibility index (Phi) is 5.98. The molecule has 9 heteroatoms. The second kappa shape index (κ2) is 8.79. The second-order valence-corrected chi connectivity index (χ2v) is 5.99. The van der Waals surface area contributed by atoms with E-state index in [1.807, 2.05) is 0 Å². The monoisotopic (exact) mass is 395 g/mol. The van der Waals surface area contributed by atoms with Crippen molar-refractivity contribution in [3.63, 3.8) is 0 Å². The summed E-state index contributed by atoms with van der Waals surface area (Å²) in [5.74, 6) is -1.78. The van der Waals surface area contributed by atoms with E-state index >= 15 is 0 Å². The number of methoxy groups -OCH3 is 1. The van der Waals surface area contributed by atoms with Gasteiger partial charge in [-0.05, 0) is 23.8 Å². The zero-order chi connectivity index (χ0) is 20.8. The lowest BCUT2D eigenvalue weighted by Crippen LogP contribution is -2.28. The Labute approximate surface area is 164 Å². The van der Waals surface area contributed by atoms with Crippen molar-refractivity contribution >= 4 is 28.6 Å². The molecule has 1 amide bonds. The van der Waals surface area contributed by atoms with E-state index in [-0.39, 0.29) is 12.2 Å². The fraction of sp³-hybridized carbons (Fsp3) is 0.150. The SMILES string of the molecule is COC(=O)c1ccc(CNC(=O)COC(=O)c2n[nH]c(=O)c3ccccc23)cc1. The lowest BCUT2D eigenvalue weighted by atomic mass is 10.1. The van der Waals surface area contributed by atoms with Crippen LogP contribution in [0.4, 0.5) is 0 Å². The van der Waals surface area contributed by atoms with Gasteiger partial charge in [0.25, 0.3) is 11.5 Å². The smallest absolute Gasteiger partial charge is 0.359 e. The van der Waals surface area contributed by atoms with Crippen molar-refractivity contribution < 1.29 is 23.9 Å². The molecule has 0 atom stereocenters. The Bertz CT molecular complexity index is 1120. The van der Waals surface area contributed by atoms with Crippen molar-refractivity contribution in [3.05, 3.63) is 75.7 Å². The number of rotatable bonds is 6. The number of benzene rings is 2. The highest BCUT2D eigenvalue weighted by atomic mass is 16.5. The van der Waals surface area contributed by atoms with Gasteiger partial charge in [0, 0.05) is 11.9 Å². The van der Waals surface area contributed by atoms with Crippen molar-refractivity contribution in [3.8, 4) is 0 Å². The molecule has 0 bridgehead atoms. The number of carbonyl (C=O) groups excluding carboxylic acids is 3. The van der Waals surface area contributed by atoms with Crippen molar-refractivity contribution in [1.82, 2.24) is 15.5 Å². The highest BCUT2D eigenvalue weighted by molar-refractivity contribution is 6.02. The second-order valence-electron chi connectivity index (χ2n) is 5.99. The molecule has 29 heavy (non-hydrogen) atoms. The highest BCUT2D eigenvalue weighted by Crippen LogP contribution is 2.13. The number of hydrogen-bond donors (Lipinski definition) is 2. The molecule has 0 spiro atoms. The summed E-state index contributed by atoms with van der Waals surface area (Å²) in [6.45, 7) is -0.314. The zero-order valence-corrected chi connectivity index (χ0v) is 15.4. The Morgan fingerprint density at radius 3 is 2.38 bits per heavy atom. The van der Waals surface area contributed by atoms with Crippen LogP contribution in [0.25, 0.3) is 10.8 Å². The summed E-state index contributed by atoms with van der Waals surface area (Å²) in [7, 11) is 1.29. The van der Waals surface area contributed by atoms with Gasteiger partial charge in [-0.25, -0.2) is 14.7 Å². The Morgan fingerprint density at radius 2 is 1.69 bits per heavy atom. The van der Waals surface area contributed by atoms with Gasteiger partial charge in [-0.2, -0.15) is 5.10 Å². The van der Waals surface area contributed by atoms with E-state index in [0.717, 1.165) is 5.56 Å². The van der Waals surface area contributed by atoms with Crippen LogP contribution >= 0.6 is 0 Å². The summed E-state index contributed by atoms with van der Waals surface area (Å²) >= 11 is 0. The molecule has 0 saturated carbocycles. The zero-order valence-electron chi connectivity index (χ0n) is 15.4. The molecule has 148 valence electrons. The van der Waals surface area contributed by atoms with E-state index in [2.05, 4.69) is 20.3 Å². The first-order valence-electron chi connectivity index (χ1n) is 8.58. The topological polar surface area (TPSA) is 127 Å². The first-order valence-corrected chi connectivity index (χ1v) is 8.58. The molecule has 1 heterocycles. The van der Waals surface area contributed by atoms with Crippen molar-refractivity contribution in [2.75, 3.05) is 13.7 Å². The number of fused-ring (bicyclic) bond motifs is 1. The van der Waals surface area contributed by atoms with Crippen LogP contribution in [-0.2, 0) is 20.8 Å². The van der Waals surface area contributed by atoms with Gasteiger partial charge in [-0.1, -0.05) is 30.3 Å². The first-order chi connectivity index (χ1) is 14.0. The number of aromatic nitrogens is 2. The molecule has 0 fully saturated rings. The molecule has 3 rings (SSSR count). The third kappa shape index (κ3) is 4.64. The number of hydrogen-bond acceptors (Lipinski definition) is 7. The maximum atomic E-state index is 12.2. The minimum Gasteiger partial charge on any atom is -0.465 e. The van der Waals surface area contributed by atoms with Crippen LogP contribution in [0.15, 0.2) is 53.3 Å². The Morgan fingerprint density at radius 1 is 1.00 bits per heavy atom. The summed E-state index contributed by atoms with van der Waals surface area (Å²) < 4.78 is 9.61. The third-order valence-electron chi connectivity index (χ3n) is 4.09. The standard InChI is InChI=1S/C20H17N3O6/c1-28-19(26)13-8-6-12(7-9-13)10-21-16(24)11-29-20(27)17-14-4-2-3-5-15(14)18(25)23-22-17/h2-9H,10-11H2,1H3,(H,21,24)(H,23,25). The summed E-state index contributed by atoms with van der Waals surface area (Å²) in [6, 6.07) is 13.0. The minimum atomic E-state index is -0.824. The number of nitrogens with zero attached hydrogens (tertiary/aromatic N) is 1. The van der Waals surface area contributed by atoms with E-state index in [0.29, 0.717) is 16.3 Å². The molecule has 0 aliphatic rings. The Balaban J connectivity index is 1.56. The van der Waals surface area contributed by atoms with Gasteiger partial charge in [0.15, 0.2) is 12.3 Å². The average Bonchev–Trinajstić information content (AvgIpc) is 2.76. The largest absolute Gasteiger partial charge is 0.465 e. The van der Waals surface area contributed by atoms with Crippen LogP contribution in [0.1, 0.15) is 26.4 Å². The molecular formula is C20H17N3O6. The first kappa shape index (κ1) is 19.7. The lowest BCUT2D eigenvalue weighted by molar-refractivity contribution is -0.124. The molecule has 1 aromatic heterocycles. The highest BCUT2D eigenvalue weighted by Gasteiger charge is 2.16. The van der Waals surface area contributed by atoms with Gasteiger partial charge in [0.05, 0.1) is 18.1 Å². The van der Waals surface area contributed by atoms with E-state index in [4.69, 9.17) is 4.74 Å². The maximum absolute atomic E-state index is 12.2. The van der Waals surface area contributed by atoms with Crippen LogP contribution in [0.2, 0.25) is 0 Å². The third-order valence-corrected chi connectivity index (χ3v) is 4.09. The number of amides is 1. The molecule has 0 aliphatic heterocycles. The van der Waals surface area contributed by atoms with E-state index in [1.54, 1.807) is 48.5 Å². The molecule has 0 radical (unpaired) electrons. The van der Waals surface area contributed by atoms with Crippen molar-refractivity contribution in [2.45, 2.75) is 6.54 Å². The van der Waals surface area contributed by atoms with E-state index in [1.165, 1.54) is 7.11 Å². The summed E-state index contributed by atoms with van der Waals surface area (Å²) in [6.07, 6.45) is 0. The number of H-pyrrole nitrogens is 1. The normalized spacial score (nSPS) is 10.4. The van der Waals surface area contributed by atoms with Crippen molar-refractivity contribution in [2.24, 2.45) is 0 Å². The molecule has 0 aliphatic carbocycles. The number of aromatic amines is 1. The van der Waals surface area contributed by atoms with E-state index < -0.39 is 30.0 Å². The molecule has 0 unspecified atom stereocenters. The van der Waals surface area contributed by atoms with Crippen LogP contribution in [-0.4, -0.2) is 41.8 Å². The molecule has 2 aromatic carbocycles. The number of ether oxygens (including phenoxy) is 2. The molecule has 9 nitrogen and oxygen atoms in total.